The molecule has 3 rings (SSSR count). The molecule has 1 fully saturated rings. The smallest absolute Gasteiger partial charge is 0.193 e. The van der Waals surface area contributed by atoms with Crippen LogP contribution in [0, 0.1) is 5.82 Å². The summed E-state index contributed by atoms with van der Waals surface area (Å²) in [6.07, 6.45) is 0. The molecule has 1 atom stereocenters. The summed E-state index contributed by atoms with van der Waals surface area (Å²) >= 11 is 0. The summed E-state index contributed by atoms with van der Waals surface area (Å²) in [7, 11) is 0.843. The number of piperazine rings is 1. The predicted molar refractivity (Wildman–Crippen MR) is 130 cm³/mol. The molecular weight excluding hydrogens is 502 g/mol. The van der Waals surface area contributed by atoms with Gasteiger partial charge in [-0.2, -0.15) is 0 Å². The van der Waals surface area contributed by atoms with Gasteiger partial charge in [0.1, 0.15) is 5.82 Å². The summed E-state index contributed by atoms with van der Waals surface area (Å²) in [4.78, 5) is 8.58. The van der Waals surface area contributed by atoms with Gasteiger partial charge in [0.25, 0.3) is 0 Å². The van der Waals surface area contributed by atoms with E-state index in [-0.39, 0.29) is 29.8 Å². The standard InChI is InChI=1S/C21H27FN4OS.HI/c1-23-21(24-11-16-28(27)17-18-7-3-2-4-8-18)26-14-12-25(13-15-26)20-10-6-5-9-19(20)22;/h2-10H,11-17H2,1H3,(H,23,24);1H. The number of para-hydroxylation sites is 1. The van der Waals surface area contributed by atoms with Crippen molar-refractivity contribution in [1.29, 1.82) is 0 Å². The molecule has 0 aromatic heterocycles. The van der Waals surface area contributed by atoms with E-state index in [0.29, 0.717) is 23.7 Å². The fourth-order valence-corrected chi connectivity index (χ4v) is 4.35. The highest BCUT2D eigenvalue weighted by molar-refractivity contribution is 14.0. The zero-order chi connectivity index (χ0) is 19.8. The minimum atomic E-state index is -0.914. The Kier molecular flexibility index (Phi) is 9.86. The van der Waals surface area contributed by atoms with Crippen LogP contribution in [0.4, 0.5) is 10.1 Å². The van der Waals surface area contributed by atoms with Crippen LogP contribution in [0.25, 0.3) is 0 Å². The summed E-state index contributed by atoms with van der Waals surface area (Å²) in [5.74, 6) is 1.77. The average Bonchev–Trinajstić information content (AvgIpc) is 2.73. The van der Waals surface area contributed by atoms with Gasteiger partial charge >= 0.3 is 0 Å². The van der Waals surface area contributed by atoms with Crippen molar-refractivity contribution in [2.45, 2.75) is 5.75 Å². The van der Waals surface area contributed by atoms with Crippen LogP contribution in [0.2, 0.25) is 0 Å². The van der Waals surface area contributed by atoms with Gasteiger partial charge in [0, 0.05) is 62.1 Å². The monoisotopic (exact) mass is 530 g/mol. The van der Waals surface area contributed by atoms with Crippen molar-refractivity contribution in [2.75, 3.05) is 50.4 Å². The van der Waals surface area contributed by atoms with Gasteiger partial charge in [-0.1, -0.05) is 42.5 Å². The third kappa shape index (κ3) is 6.95. The van der Waals surface area contributed by atoms with E-state index >= 15 is 0 Å². The zero-order valence-corrected chi connectivity index (χ0v) is 19.7. The molecule has 1 aliphatic rings. The van der Waals surface area contributed by atoms with Crippen molar-refractivity contribution in [3.05, 3.63) is 66.0 Å². The first-order valence-corrected chi connectivity index (χ1v) is 11.0. The first-order valence-electron chi connectivity index (χ1n) is 9.51. The van der Waals surface area contributed by atoms with Crippen LogP contribution in [0.15, 0.2) is 59.6 Å². The van der Waals surface area contributed by atoms with E-state index in [1.54, 1.807) is 13.1 Å². The van der Waals surface area contributed by atoms with E-state index in [1.165, 1.54) is 6.07 Å². The summed E-state index contributed by atoms with van der Waals surface area (Å²) in [6, 6.07) is 16.8. The fraction of sp³-hybridized carbons (Fsp3) is 0.381. The third-order valence-corrected chi connectivity index (χ3v) is 6.08. The highest BCUT2D eigenvalue weighted by Gasteiger charge is 2.21. The maximum atomic E-state index is 14.0. The Hall–Kier alpha value is -1.68. The minimum absolute atomic E-state index is 0. The van der Waals surface area contributed by atoms with Crippen LogP contribution < -0.4 is 10.2 Å². The van der Waals surface area contributed by atoms with E-state index in [1.807, 2.05) is 42.5 Å². The molecule has 8 heteroatoms. The Bertz CT molecular complexity index is 813. The molecule has 1 saturated heterocycles. The number of benzene rings is 2. The molecule has 2 aromatic rings. The van der Waals surface area contributed by atoms with Crippen LogP contribution in [0.5, 0.6) is 0 Å². The average molecular weight is 530 g/mol. The summed E-state index contributed by atoms with van der Waals surface area (Å²) in [6.45, 7) is 3.62. The largest absolute Gasteiger partial charge is 0.366 e. The highest BCUT2D eigenvalue weighted by atomic mass is 127. The van der Waals surface area contributed by atoms with Crippen molar-refractivity contribution in [3.63, 3.8) is 0 Å². The molecule has 0 radical (unpaired) electrons. The van der Waals surface area contributed by atoms with Gasteiger partial charge in [-0.05, 0) is 17.7 Å². The molecule has 1 N–H and O–H groups in total. The van der Waals surface area contributed by atoms with Gasteiger partial charge in [0.2, 0.25) is 0 Å². The molecular formula is C21H28FIN4OS. The maximum absolute atomic E-state index is 14.0. The molecule has 29 heavy (non-hydrogen) atoms. The zero-order valence-electron chi connectivity index (χ0n) is 16.6. The maximum Gasteiger partial charge on any atom is 0.193 e. The Labute approximate surface area is 191 Å². The third-order valence-electron chi connectivity index (χ3n) is 4.77. The van der Waals surface area contributed by atoms with Crippen LogP contribution in [-0.2, 0) is 16.6 Å². The highest BCUT2D eigenvalue weighted by Crippen LogP contribution is 2.20. The fourth-order valence-electron chi connectivity index (χ4n) is 3.31. The van der Waals surface area contributed by atoms with E-state index < -0.39 is 10.8 Å². The second kappa shape index (κ2) is 12.1. The van der Waals surface area contributed by atoms with Gasteiger partial charge in [-0.15, -0.1) is 24.0 Å². The number of rotatable bonds is 6. The van der Waals surface area contributed by atoms with Gasteiger partial charge in [0.15, 0.2) is 5.96 Å². The van der Waals surface area contributed by atoms with E-state index in [4.69, 9.17) is 0 Å². The number of aliphatic imine (C=N–C) groups is 1. The normalized spacial score (nSPS) is 15.6. The molecule has 0 aliphatic carbocycles. The number of anilines is 1. The number of nitrogens with one attached hydrogen (secondary N) is 1. The quantitative estimate of drug-likeness (QED) is 0.355. The Morgan fingerprint density at radius 3 is 2.38 bits per heavy atom. The van der Waals surface area contributed by atoms with Crippen molar-refractivity contribution >= 4 is 46.4 Å². The summed E-state index contributed by atoms with van der Waals surface area (Å²) in [5, 5.41) is 3.31. The molecule has 2 aromatic carbocycles. The van der Waals surface area contributed by atoms with Crippen LogP contribution in [0.3, 0.4) is 0 Å². The van der Waals surface area contributed by atoms with Crippen LogP contribution in [0.1, 0.15) is 5.56 Å². The molecule has 0 spiro atoms. The predicted octanol–water partition coefficient (Wildman–Crippen LogP) is 3.09. The molecule has 0 bridgehead atoms. The van der Waals surface area contributed by atoms with Gasteiger partial charge < -0.3 is 15.1 Å². The topological polar surface area (TPSA) is 47.9 Å². The van der Waals surface area contributed by atoms with Crippen LogP contribution >= 0.6 is 24.0 Å². The number of hydrogen-bond donors (Lipinski definition) is 1. The lowest BCUT2D eigenvalue weighted by Gasteiger charge is -2.37. The first kappa shape index (κ1) is 23.6. The summed E-state index contributed by atoms with van der Waals surface area (Å²) < 4.78 is 26.2. The van der Waals surface area contributed by atoms with Crippen molar-refractivity contribution in [3.8, 4) is 0 Å². The van der Waals surface area contributed by atoms with Crippen LogP contribution in [-0.4, -0.2) is 60.6 Å². The van der Waals surface area contributed by atoms with Crippen molar-refractivity contribution in [1.82, 2.24) is 10.2 Å². The molecule has 0 saturated carbocycles. The van der Waals surface area contributed by atoms with Gasteiger partial charge in [-0.25, -0.2) is 4.39 Å². The van der Waals surface area contributed by atoms with Gasteiger partial charge in [0.05, 0.1) is 5.69 Å². The molecule has 1 unspecified atom stereocenters. The Morgan fingerprint density at radius 2 is 1.72 bits per heavy atom. The Balaban J connectivity index is 0.00000300. The SMILES string of the molecule is CN=C(NCCS(=O)Cc1ccccc1)N1CCN(c2ccccc2F)CC1.I. The first-order chi connectivity index (χ1) is 13.7. The number of halogens is 2. The number of guanidine groups is 1. The molecule has 5 nitrogen and oxygen atoms in total. The lowest BCUT2D eigenvalue weighted by Crippen LogP contribution is -2.53. The van der Waals surface area contributed by atoms with Gasteiger partial charge in [-0.3, -0.25) is 9.20 Å². The molecule has 0 amide bonds. The number of nitrogens with zero attached hydrogens (tertiary/aromatic N) is 3. The molecule has 1 heterocycles. The second-order valence-electron chi connectivity index (χ2n) is 6.67. The van der Waals surface area contributed by atoms with E-state index in [2.05, 4.69) is 20.1 Å². The van der Waals surface area contributed by atoms with Crippen molar-refractivity contribution < 1.29 is 8.60 Å². The van der Waals surface area contributed by atoms with E-state index in [9.17, 15) is 8.60 Å². The lowest BCUT2D eigenvalue weighted by atomic mass is 10.2. The Morgan fingerprint density at radius 1 is 1.07 bits per heavy atom. The minimum Gasteiger partial charge on any atom is -0.366 e. The van der Waals surface area contributed by atoms with E-state index in [0.717, 1.165) is 37.7 Å². The number of hydrogen-bond acceptors (Lipinski definition) is 3. The summed E-state index contributed by atoms with van der Waals surface area (Å²) in [5.41, 5.74) is 1.75. The lowest BCUT2D eigenvalue weighted by molar-refractivity contribution is 0.372. The molecule has 158 valence electrons. The second-order valence-corrected chi connectivity index (χ2v) is 8.25. The van der Waals surface area contributed by atoms with Crippen molar-refractivity contribution in [2.24, 2.45) is 4.99 Å². The molecule has 1 aliphatic heterocycles.